The average Bonchev–Trinajstić information content (AvgIpc) is 2.88. The van der Waals surface area contributed by atoms with Gasteiger partial charge in [-0.2, -0.15) is 13.2 Å². The molecular weight excluding hydrogens is 465 g/mol. The lowest BCUT2D eigenvalue weighted by Crippen LogP contribution is -2.14. The van der Waals surface area contributed by atoms with Crippen molar-refractivity contribution in [3.05, 3.63) is 108 Å². The molecular formula is C28H25F3N4O. The van der Waals surface area contributed by atoms with Crippen molar-refractivity contribution in [1.29, 1.82) is 0 Å². The van der Waals surface area contributed by atoms with Gasteiger partial charge in [-0.25, -0.2) is 0 Å². The van der Waals surface area contributed by atoms with Gasteiger partial charge < -0.3 is 16.4 Å². The third-order valence-corrected chi connectivity index (χ3v) is 5.66. The van der Waals surface area contributed by atoms with Gasteiger partial charge in [-0.15, -0.1) is 0 Å². The van der Waals surface area contributed by atoms with E-state index in [0.717, 1.165) is 36.4 Å². The maximum absolute atomic E-state index is 13.0. The summed E-state index contributed by atoms with van der Waals surface area (Å²) in [5, 5.41) is 6.12. The number of nitrogens with zero attached hydrogens (tertiary/aromatic N) is 1. The highest BCUT2D eigenvalue weighted by Gasteiger charge is 2.30. The van der Waals surface area contributed by atoms with Crippen LogP contribution in [0.3, 0.4) is 0 Å². The Kier molecular flexibility index (Phi) is 7.53. The quantitative estimate of drug-likeness (QED) is 0.191. The molecule has 1 heterocycles. The molecule has 0 unspecified atom stereocenters. The zero-order chi connectivity index (χ0) is 25.5. The Hall–Kier alpha value is -4.33. The largest absolute Gasteiger partial charge is 0.416 e. The van der Waals surface area contributed by atoms with Crippen molar-refractivity contribution in [3.8, 4) is 11.1 Å². The number of aromatic nitrogens is 1. The molecule has 0 fully saturated rings. The predicted molar refractivity (Wildman–Crippen MR) is 137 cm³/mol. The molecule has 0 aliphatic carbocycles. The lowest BCUT2D eigenvalue weighted by atomic mass is 9.98. The molecule has 0 saturated carbocycles. The van der Waals surface area contributed by atoms with Crippen molar-refractivity contribution < 1.29 is 18.0 Å². The van der Waals surface area contributed by atoms with Gasteiger partial charge in [0.2, 0.25) is 0 Å². The van der Waals surface area contributed by atoms with E-state index in [0.29, 0.717) is 34.6 Å². The number of nitrogens with two attached hydrogens (primary N) is 1. The first-order valence-corrected chi connectivity index (χ1v) is 11.4. The van der Waals surface area contributed by atoms with Crippen molar-refractivity contribution >= 4 is 23.0 Å². The standard InChI is InChI=1S/C28H25F3N4O/c29-28(30,31)20-12-10-19(11-13-20)23-8-1-2-9-24(23)27(36)35-22-14-15-26(25(32)18-22)34-17-5-7-21-6-3-4-16-33-21/h1-4,6,8-16,18,34H,5,7,17,32H2,(H,35,36). The molecule has 1 aromatic heterocycles. The minimum absolute atomic E-state index is 0.340. The summed E-state index contributed by atoms with van der Waals surface area (Å²) in [5.41, 5.74) is 9.62. The number of nitrogens with one attached hydrogen (secondary N) is 2. The molecule has 4 aromatic rings. The fourth-order valence-electron chi connectivity index (χ4n) is 3.81. The van der Waals surface area contributed by atoms with Crippen LogP contribution in [0.15, 0.2) is 91.1 Å². The maximum atomic E-state index is 13.0. The summed E-state index contributed by atoms with van der Waals surface area (Å²) in [6, 6.07) is 22.5. The third-order valence-electron chi connectivity index (χ3n) is 5.66. The Morgan fingerprint density at radius 2 is 1.67 bits per heavy atom. The second kappa shape index (κ2) is 10.9. The number of pyridine rings is 1. The summed E-state index contributed by atoms with van der Waals surface area (Å²) in [4.78, 5) is 17.3. The number of amides is 1. The molecule has 0 aliphatic rings. The number of carbonyl (C=O) groups is 1. The van der Waals surface area contributed by atoms with E-state index in [1.54, 1.807) is 48.7 Å². The predicted octanol–water partition coefficient (Wildman–Crippen LogP) is 6.65. The normalized spacial score (nSPS) is 11.2. The summed E-state index contributed by atoms with van der Waals surface area (Å²) in [5.74, 6) is -0.388. The number of carbonyl (C=O) groups excluding carboxylic acids is 1. The Balaban J connectivity index is 1.41. The van der Waals surface area contributed by atoms with Crippen LogP contribution in [0, 0.1) is 0 Å². The number of nitrogen functional groups attached to an aromatic ring is 1. The molecule has 0 aliphatic heterocycles. The van der Waals surface area contributed by atoms with Gasteiger partial charge in [-0.05, 0) is 72.5 Å². The number of aryl methyl sites for hydroxylation is 1. The zero-order valence-corrected chi connectivity index (χ0v) is 19.3. The van der Waals surface area contributed by atoms with E-state index in [1.807, 2.05) is 18.2 Å². The number of benzene rings is 3. The number of hydrogen-bond donors (Lipinski definition) is 3. The topological polar surface area (TPSA) is 80.0 Å². The van der Waals surface area contributed by atoms with Gasteiger partial charge in [0.1, 0.15) is 0 Å². The van der Waals surface area contributed by atoms with E-state index in [4.69, 9.17) is 5.73 Å². The van der Waals surface area contributed by atoms with Gasteiger partial charge in [0.25, 0.3) is 5.91 Å². The second-order valence-corrected chi connectivity index (χ2v) is 8.23. The van der Waals surface area contributed by atoms with E-state index in [1.165, 1.54) is 12.1 Å². The summed E-state index contributed by atoms with van der Waals surface area (Å²) in [6.07, 6.45) is -0.916. The molecule has 0 bridgehead atoms. The molecule has 8 heteroatoms. The molecule has 0 spiro atoms. The van der Waals surface area contributed by atoms with Crippen LogP contribution >= 0.6 is 0 Å². The van der Waals surface area contributed by atoms with Crippen LogP contribution in [0.5, 0.6) is 0 Å². The number of halogens is 3. The van der Waals surface area contributed by atoms with Crippen LogP contribution in [0.25, 0.3) is 11.1 Å². The first kappa shape index (κ1) is 24.8. The molecule has 1 amide bonds. The van der Waals surface area contributed by atoms with E-state index >= 15 is 0 Å². The van der Waals surface area contributed by atoms with Gasteiger partial charge in [0.05, 0.1) is 16.9 Å². The first-order chi connectivity index (χ1) is 17.3. The monoisotopic (exact) mass is 490 g/mol. The minimum atomic E-state index is -4.42. The molecule has 0 atom stereocenters. The zero-order valence-electron chi connectivity index (χ0n) is 19.3. The summed E-state index contributed by atoms with van der Waals surface area (Å²) in [6.45, 7) is 0.715. The molecule has 5 nitrogen and oxygen atoms in total. The fraction of sp³-hybridized carbons (Fsp3) is 0.143. The Morgan fingerprint density at radius 3 is 2.36 bits per heavy atom. The van der Waals surface area contributed by atoms with Crippen LogP contribution in [-0.4, -0.2) is 17.4 Å². The fourth-order valence-corrected chi connectivity index (χ4v) is 3.81. The third kappa shape index (κ3) is 6.21. The van der Waals surface area contributed by atoms with Crippen LogP contribution in [-0.2, 0) is 12.6 Å². The molecule has 3 aromatic carbocycles. The maximum Gasteiger partial charge on any atom is 0.416 e. The highest BCUT2D eigenvalue weighted by atomic mass is 19.4. The summed E-state index contributed by atoms with van der Waals surface area (Å²) >= 11 is 0. The van der Waals surface area contributed by atoms with E-state index < -0.39 is 11.7 Å². The molecule has 0 radical (unpaired) electrons. The van der Waals surface area contributed by atoms with E-state index in [-0.39, 0.29) is 5.91 Å². The summed E-state index contributed by atoms with van der Waals surface area (Å²) < 4.78 is 38.7. The smallest absolute Gasteiger partial charge is 0.397 e. The van der Waals surface area contributed by atoms with Gasteiger partial charge in [-0.1, -0.05) is 36.4 Å². The SMILES string of the molecule is Nc1cc(NC(=O)c2ccccc2-c2ccc(C(F)(F)F)cc2)ccc1NCCCc1ccccn1. The number of alkyl halides is 3. The van der Waals surface area contributed by atoms with Gasteiger partial charge in [0, 0.05) is 29.7 Å². The molecule has 4 N–H and O–H groups in total. The van der Waals surface area contributed by atoms with Crippen LogP contribution in [0.1, 0.15) is 28.0 Å². The van der Waals surface area contributed by atoms with Crippen LogP contribution < -0.4 is 16.4 Å². The first-order valence-electron chi connectivity index (χ1n) is 11.4. The van der Waals surface area contributed by atoms with Crippen LogP contribution in [0.2, 0.25) is 0 Å². The highest BCUT2D eigenvalue weighted by molar-refractivity contribution is 6.09. The molecule has 0 saturated heterocycles. The van der Waals surface area contributed by atoms with E-state index in [2.05, 4.69) is 15.6 Å². The molecule has 36 heavy (non-hydrogen) atoms. The van der Waals surface area contributed by atoms with Crippen LogP contribution in [0.4, 0.5) is 30.2 Å². The lowest BCUT2D eigenvalue weighted by Gasteiger charge is -2.14. The van der Waals surface area contributed by atoms with Gasteiger partial charge in [0.15, 0.2) is 0 Å². The summed E-state index contributed by atoms with van der Waals surface area (Å²) in [7, 11) is 0. The second-order valence-electron chi connectivity index (χ2n) is 8.23. The van der Waals surface area contributed by atoms with Crippen molar-refractivity contribution in [2.45, 2.75) is 19.0 Å². The van der Waals surface area contributed by atoms with Crippen molar-refractivity contribution in [3.63, 3.8) is 0 Å². The van der Waals surface area contributed by atoms with Crippen molar-refractivity contribution in [2.75, 3.05) is 22.9 Å². The Morgan fingerprint density at radius 1 is 0.917 bits per heavy atom. The van der Waals surface area contributed by atoms with Gasteiger partial charge >= 0.3 is 6.18 Å². The Labute approximate surface area is 207 Å². The number of hydrogen-bond acceptors (Lipinski definition) is 4. The Bertz CT molecular complexity index is 1320. The average molecular weight is 491 g/mol. The molecule has 184 valence electrons. The van der Waals surface area contributed by atoms with Gasteiger partial charge in [-0.3, -0.25) is 9.78 Å². The number of rotatable bonds is 8. The molecule has 4 rings (SSSR count). The van der Waals surface area contributed by atoms with Crippen molar-refractivity contribution in [2.24, 2.45) is 0 Å². The highest BCUT2D eigenvalue weighted by Crippen LogP contribution is 2.32. The van der Waals surface area contributed by atoms with Crippen molar-refractivity contribution in [1.82, 2.24) is 4.98 Å². The van der Waals surface area contributed by atoms with E-state index in [9.17, 15) is 18.0 Å². The number of anilines is 3. The lowest BCUT2D eigenvalue weighted by molar-refractivity contribution is -0.137. The minimum Gasteiger partial charge on any atom is -0.397 e.